The summed E-state index contributed by atoms with van der Waals surface area (Å²) < 4.78 is 10.7. The Labute approximate surface area is 160 Å². The predicted octanol–water partition coefficient (Wildman–Crippen LogP) is 5.33. The van der Waals surface area contributed by atoms with Gasteiger partial charge in [0.05, 0.1) is 16.7 Å². The summed E-state index contributed by atoms with van der Waals surface area (Å²) >= 11 is 29.7. The van der Waals surface area contributed by atoms with Gasteiger partial charge in [-0.2, -0.15) is 0 Å². The third-order valence-corrected chi connectivity index (χ3v) is 5.80. The number of nitrogens with zero attached hydrogens (tertiary/aromatic N) is 1. The molecule has 1 aliphatic carbocycles. The van der Waals surface area contributed by atoms with Gasteiger partial charge in [-0.05, 0) is 37.5 Å². The van der Waals surface area contributed by atoms with Gasteiger partial charge in [0.25, 0.3) is 5.17 Å². The molecule has 126 valence electrons. The monoisotopic (exact) mass is 413 g/mol. The second-order valence-electron chi connectivity index (χ2n) is 5.75. The number of ether oxygens (including phenoxy) is 2. The second-order valence-corrected chi connectivity index (χ2v) is 8.45. The minimum Gasteiger partial charge on any atom is -0.491 e. The van der Waals surface area contributed by atoms with Crippen LogP contribution in [0.4, 0.5) is 0 Å². The number of hydrogen-bond acceptors (Lipinski definition) is 3. The summed E-state index contributed by atoms with van der Waals surface area (Å²) in [5.74, 6) is 1.01. The first-order valence-corrected chi connectivity index (χ1v) is 9.25. The van der Waals surface area contributed by atoms with Crippen LogP contribution in [0.2, 0.25) is 10.0 Å². The third kappa shape index (κ3) is 4.29. The van der Waals surface area contributed by atoms with E-state index in [9.17, 15) is 0 Å². The molecule has 3 nitrogen and oxygen atoms in total. The van der Waals surface area contributed by atoms with Crippen molar-refractivity contribution in [1.29, 1.82) is 0 Å². The maximum atomic E-state index is 6.19. The lowest BCUT2D eigenvalue weighted by Crippen LogP contribution is -2.30. The molecule has 1 unspecified atom stereocenters. The van der Waals surface area contributed by atoms with E-state index in [2.05, 4.69) is 0 Å². The normalized spacial score (nSPS) is 22.1. The zero-order chi connectivity index (χ0) is 16.6. The molecular formula is C15H15Cl4NO2S. The molecule has 1 heterocycles. The fraction of sp³-hybridized carbons (Fsp3) is 0.533. The fourth-order valence-electron chi connectivity index (χ4n) is 2.40. The molecular weight excluding hydrogens is 400 g/mol. The van der Waals surface area contributed by atoms with Gasteiger partial charge < -0.3 is 14.4 Å². The van der Waals surface area contributed by atoms with Gasteiger partial charge >= 0.3 is 0 Å². The summed E-state index contributed by atoms with van der Waals surface area (Å²) in [6, 6.07) is 3.24. The Balaban J connectivity index is 1.67. The lowest BCUT2D eigenvalue weighted by Gasteiger charge is -2.19. The van der Waals surface area contributed by atoms with E-state index in [0.717, 1.165) is 25.9 Å². The molecule has 1 aliphatic heterocycles. The highest BCUT2D eigenvalue weighted by Gasteiger charge is 2.52. The lowest BCUT2D eigenvalue weighted by molar-refractivity contribution is 0.297. The summed E-state index contributed by atoms with van der Waals surface area (Å²) in [5.41, 5.74) is 0. The van der Waals surface area contributed by atoms with Crippen molar-refractivity contribution in [2.75, 3.05) is 19.7 Å². The fourth-order valence-corrected chi connectivity index (χ4v) is 3.65. The maximum absolute atomic E-state index is 6.19. The molecule has 1 saturated carbocycles. The van der Waals surface area contributed by atoms with E-state index in [0.29, 0.717) is 39.7 Å². The summed E-state index contributed by atoms with van der Waals surface area (Å²) in [5, 5.41) is 1.21. The highest BCUT2D eigenvalue weighted by atomic mass is 35.5. The van der Waals surface area contributed by atoms with Crippen LogP contribution in [-0.4, -0.2) is 34.1 Å². The number of likely N-dealkylation sites (tertiary alicyclic amines) is 1. The van der Waals surface area contributed by atoms with Crippen LogP contribution in [0.15, 0.2) is 12.1 Å². The Morgan fingerprint density at radius 1 is 1.17 bits per heavy atom. The third-order valence-electron chi connectivity index (χ3n) is 3.94. The Morgan fingerprint density at radius 3 is 2.39 bits per heavy atom. The van der Waals surface area contributed by atoms with Crippen molar-refractivity contribution in [1.82, 2.24) is 4.90 Å². The van der Waals surface area contributed by atoms with Gasteiger partial charge in [-0.1, -0.05) is 23.2 Å². The number of alkyl halides is 2. The summed E-state index contributed by atoms with van der Waals surface area (Å²) in [6.45, 7) is 2.20. The molecule has 0 amide bonds. The van der Waals surface area contributed by atoms with Crippen LogP contribution in [0.25, 0.3) is 0 Å². The molecule has 1 saturated heterocycles. The SMILES string of the molecule is S=C(Oc1cc(OCC2CC2(Cl)Cl)c(Cl)cc1Cl)N1CCCC1. The zero-order valence-electron chi connectivity index (χ0n) is 12.2. The minimum absolute atomic E-state index is 0.104. The van der Waals surface area contributed by atoms with Gasteiger partial charge in [0.15, 0.2) is 5.75 Å². The van der Waals surface area contributed by atoms with Crippen LogP contribution < -0.4 is 9.47 Å². The van der Waals surface area contributed by atoms with Gasteiger partial charge in [0.2, 0.25) is 0 Å². The van der Waals surface area contributed by atoms with Crippen molar-refractivity contribution in [3.63, 3.8) is 0 Å². The molecule has 0 spiro atoms. The smallest absolute Gasteiger partial charge is 0.264 e. The summed E-state index contributed by atoms with van der Waals surface area (Å²) in [7, 11) is 0. The number of thiocarbonyl (C=S) groups is 1. The van der Waals surface area contributed by atoms with Gasteiger partial charge in [-0.25, -0.2) is 0 Å². The van der Waals surface area contributed by atoms with Crippen LogP contribution in [0, 0.1) is 5.92 Å². The molecule has 3 rings (SSSR count). The van der Waals surface area contributed by atoms with Crippen molar-refractivity contribution in [3.05, 3.63) is 22.2 Å². The first-order chi connectivity index (χ1) is 10.9. The van der Waals surface area contributed by atoms with Crippen LogP contribution in [0.1, 0.15) is 19.3 Å². The van der Waals surface area contributed by atoms with Crippen molar-refractivity contribution >= 4 is 63.8 Å². The Kier molecular flexibility index (Phi) is 5.39. The van der Waals surface area contributed by atoms with Crippen LogP contribution in [0.3, 0.4) is 0 Å². The molecule has 0 N–H and O–H groups in total. The van der Waals surface area contributed by atoms with E-state index < -0.39 is 4.33 Å². The molecule has 1 aromatic rings. The van der Waals surface area contributed by atoms with E-state index in [1.165, 1.54) is 0 Å². The van der Waals surface area contributed by atoms with Crippen molar-refractivity contribution < 1.29 is 9.47 Å². The molecule has 0 aromatic heterocycles. The number of hydrogen-bond donors (Lipinski definition) is 0. The first-order valence-electron chi connectivity index (χ1n) is 7.33. The highest BCUT2D eigenvalue weighted by molar-refractivity contribution is 7.80. The Hall–Kier alpha value is -0.130. The van der Waals surface area contributed by atoms with E-state index in [4.69, 9.17) is 68.1 Å². The predicted molar refractivity (Wildman–Crippen MR) is 98.5 cm³/mol. The van der Waals surface area contributed by atoms with Crippen molar-refractivity contribution in [2.45, 2.75) is 23.6 Å². The molecule has 8 heteroatoms. The highest BCUT2D eigenvalue weighted by Crippen LogP contribution is 2.53. The lowest BCUT2D eigenvalue weighted by atomic mass is 10.3. The molecule has 2 aliphatic rings. The van der Waals surface area contributed by atoms with Crippen LogP contribution in [0.5, 0.6) is 11.5 Å². The minimum atomic E-state index is -0.685. The van der Waals surface area contributed by atoms with Crippen molar-refractivity contribution in [3.8, 4) is 11.5 Å². The first kappa shape index (κ1) is 17.7. The van der Waals surface area contributed by atoms with Gasteiger partial charge in [-0.3, -0.25) is 0 Å². The van der Waals surface area contributed by atoms with Crippen LogP contribution >= 0.6 is 58.6 Å². The van der Waals surface area contributed by atoms with Crippen molar-refractivity contribution in [2.24, 2.45) is 5.92 Å². The zero-order valence-corrected chi connectivity index (χ0v) is 16.0. The van der Waals surface area contributed by atoms with E-state index >= 15 is 0 Å². The van der Waals surface area contributed by atoms with E-state index in [1.54, 1.807) is 12.1 Å². The quantitative estimate of drug-likeness (QED) is 0.490. The van der Waals surface area contributed by atoms with Crippen LogP contribution in [-0.2, 0) is 0 Å². The Bertz CT molecular complexity index is 620. The molecule has 0 radical (unpaired) electrons. The molecule has 0 bridgehead atoms. The molecule has 23 heavy (non-hydrogen) atoms. The van der Waals surface area contributed by atoms with Gasteiger partial charge in [0, 0.05) is 25.1 Å². The molecule has 1 aromatic carbocycles. The Morgan fingerprint density at radius 2 is 1.78 bits per heavy atom. The standard InChI is InChI=1S/C15H15Cl4NO2S/c16-10-5-11(17)13(22-14(23)20-3-1-2-4-20)6-12(10)21-8-9-7-15(9,18)19/h5-6,9H,1-4,7-8H2. The second kappa shape index (κ2) is 7.01. The maximum Gasteiger partial charge on any atom is 0.264 e. The van der Waals surface area contributed by atoms with Gasteiger partial charge in [-0.15, -0.1) is 23.2 Å². The number of halogens is 4. The topological polar surface area (TPSA) is 21.7 Å². The largest absolute Gasteiger partial charge is 0.491 e. The average Bonchev–Trinajstić information content (AvgIpc) is 2.92. The number of rotatable bonds is 4. The van der Waals surface area contributed by atoms with Gasteiger partial charge in [0.1, 0.15) is 10.1 Å². The number of benzene rings is 1. The molecule has 1 atom stereocenters. The summed E-state index contributed by atoms with van der Waals surface area (Å²) in [4.78, 5) is 2.01. The summed E-state index contributed by atoms with van der Waals surface area (Å²) in [6.07, 6.45) is 2.95. The average molecular weight is 415 g/mol. The van der Waals surface area contributed by atoms with E-state index in [1.807, 2.05) is 4.90 Å². The van der Waals surface area contributed by atoms with E-state index in [-0.39, 0.29) is 5.92 Å². The molecule has 2 fully saturated rings.